The Morgan fingerprint density at radius 1 is 1.23 bits per heavy atom. The van der Waals surface area contributed by atoms with Gasteiger partial charge in [-0.25, -0.2) is 9.97 Å². The molecule has 4 rings (SSSR count). The van der Waals surface area contributed by atoms with Crippen LogP contribution in [0.4, 0.5) is 5.82 Å². The van der Waals surface area contributed by atoms with Crippen LogP contribution in [-0.4, -0.2) is 56.7 Å². The van der Waals surface area contributed by atoms with Crippen molar-refractivity contribution in [2.45, 2.75) is 13.3 Å². The number of fused-ring (bicyclic) bond motifs is 1. The molecule has 7 heteroatoms. The molecule has 2 fully saturated rings. The van der Waals surface area contributed by atoms with Crippen molar-refractivity contribution < 1.29 is 4.79 Å². The summed E-state index contributed by atoms with van der Waals surface area (Å²) < 4.78 is 1.76. The minimum atomic E-state index is 0.274. The van der Waals surface area contributed by atoms with Gasteiger partial charge in [0, 0.05) is 39.1 Å². The number of nitrogens with zero attached hydrogens (tertiary/aromatic N) is 6. The Bertz CT molecular complexity index is 718. The predicted molar refractivity (Wildman–Crippen MR) is 82.4 cm³/mol. The lowest BCUT2D eigenvalue weighted by Crippen LogP contribution is -2.49. The molecule has 1 saturated heterocycles. The minimum absolute atomic E-state index is 0.274. The molecular weight excluding hydrogens is 280 g/mol. The van der Waals surface area contributed by atoms with E-state index in [2.05, 4.69) is 26.9 Å². The van der Waals surface area contributed by atoms with Crippen LogP contribution in [0.5, 0.6) is 0 Å². The van der Waals surface area contributed by atoms with Crippen LogP contribution in [0.2, 0.25) is 0 Å². The molecule has 0 radical (unpaired) electrons. The number of aryl methyl sites for hydroxylation is 1. The highest BCUT2D eigenvalue weighted by atomic mass is 16.2. The fourth-order valence-corrected chi connectivity index (χ4v) is 3.24. The summed E-state index contributed by atoms with van der Waals surface area (Å²) in [5.41, 5.74) is 0.843. The molecule has 0 spiro atoms. The van der Waals surface area contributed by atoms with Gasteiger partial charge in [0.1, 0.15) is 12.1 Å². The van der Waals surface area contributed by atoms with Crippen LogP contribution in [0.1, 0.15) is 13.3 Å². The van der Waals surface area contributed by atoms with E-state index in [9.17, 15) is 4.79 Å². The molecule has 0 aromatic carbocycles. The number of anilines is 1. The number of piperazine rings is 1. The first-order chi connectivity index (χ1) is 10.6. The fourth-order valence-electron chi connectivity index (χ4n) is 3.24. The van der Waals surface area contributed by atoms with Crippen LogP contribution in [0.3, 0.4) is 0 Å². The van der Waals surface area contributed by atoms with E-state index in [1.807, 2.05) is 18.1 Å². The second-order valence-electron chi connectivity index (χ2n) is 6.33. The van der Waals surface area contributed by atoms with Gasteiger partial charge in [0.2, 0.25) is 5.91 Å². The van der Waals surface area contributed by atoms with Gasteiger partial charge in [-0.1, -0.05) is 6.92 Å². The van der Waals surface area contributed by atoms with Gasteiger partial charge < -0.3 is 9.80 Å². The summed E-state index contributed by atoms with van der Waals surface area (Å²) in [6.07, 6.45) is 4.46. The molecule has 2 aromatic rings. The van der Waals surface area contributed by atoms with Gasteiger partial charge in [-0.15, -0.1) is 0 Å². The maximum absolute atomic E-state index is 12.3. The van der Waals surface area contributed by atoms with Crippen molar-refractivity contribution in [3.8, 4) is 0 Å². The Kier molecular flexibility index (Phi) is 3.02. The summed E-state index contributed by atoms with van der Waals surface area (Å²) in [7, 11) is 1.88. The van der Waals surface area contributed by atoms with E-state index in [0.717, 1.165) is 49.5 Å². The highest BCUT2D eigenvalue weighted by Crippen LogP contribution is 2.39. The number of rotatable bonds is 2. The Hall–Kier alpha value is -2.18. The molecule has 2 aromatic heterocycles. The van der Waals surface area contributed by atoms with Gasteiger partial charge in [0.15, 0.2) is 5.65 Å². The van der Waals surface area contributed by atoms with E-state index in [-0.39, 0.29) is 5.92 Å². The van der Waals surface area contributed by atoms with Gasteiger partial charge >= 0.3 is 0 Å². The normalized spacial score (nSPS) is 24.8. The van der Waals surface area contributed by atoms with Crippen LogP contribution in [0.15, 0.2) is 12.5 Å². The summed E-state index contributed by atoms with van der Waals surface area (Å²) in [6.45, 7) is 5.32. The summed E-state index contributed by atoms with van der Waals surface area (Å²) in [5, 5.41) is 5.23. The van der Waals surface area contributed by atoms with E-state index in [4.69, 9.17) is 0 Å². The van der Waals surface area contributed by atoms with E-state index in [0.29, 0.717) is 11.8 Å². The number of amides is 1. The lowest BCUT2D eigenvalue weighted by molar-refractivity contribution is -0.133. The Morgan fingerprint density at radius 2 is 1.95 bits per heavy atom. The molecule has 0 unspecified atom stereocenters. The zero-order valence-corrected chi connectivity index (χ0v) is 12.9. The van der Waals surface area contributed by atoms with Crippen molar-refractivity contribution >= 4 is 22.8 Å². The van der Waals surface area contributed by atoms with E-state index >= 15 is 0 Å². The van der Waals surface area contributed by atoms with Gasteiger partial charge in [0.05, 0.1) is 11.6 Å². The summed E-state index contributed by atoms with van der Waals surface area (Å²) in [4.78, 5) is 25.2. The topological polar surface area (TPSA) is 67.2 Å². The fraction of sp³-hybridized carbons (Fsp3) is 0.600. The number of aromatic nitrogens is 4. The number of carbonyl (C=O) groups excluding carboxylic acids is 1. The predicted octanol–water partition coefficient (Wildman–Crippen LogP) is 0.668. The van der Waals surface area contributed by atoms with Crippen LogP contribution >= 0.6 is 0 Å². The molecule has 0 N–H and O–H groups in total. The molecule has 1 aliphatic carbocycles. The van der Waals surface area contributed by atoms with Crippen molar-refractivity contribution in [2.24, 2.45) is 18.9 Å². The van der Waals surface area contributed by atoms with Gasteiger partial charge in [-0.05, 0) is 12.3 Å². The molecule has 22 heavy (non-hydrogen) atoms. The van der Waals surface area contributed by atoms with Crippen LogP contribution in [0, 0.1) is 11.8 Å². The Balaban J connectivity index is 1.50. The highest BCUT2D eigenvalue weighted by Gasteiger charge is 2.42. The van der Waals surface area contributed by atoms with Gasteiger partial charge in [-0.3, -0.25) is 9.48 Å². The number of hydrogen-bond acceptors (Lipinski definition) is 5. The van der Waals surface area contributed by atoms with Crippen molar-refractivity contribution in [2.75, 3.05) is 31.1 Å². The maximum Gasteiger partial charge on any atom is 0.226 e. The number of carbonyl (C=O) groups is 1. The second-order valence-corrected chi connectivity index (χ2v) is 6.33. The molecule has 0 bridgehead atoms. The third-order valence-electron chi connectivity index (χ3n) is 4.83. The van der Waals surface area contributed by atoms with Gasteiger partial charge in [0.25, 0.3) is 0 Å². The Morgan fingerprint density at radius 3 is 2.64 bits per heavy atom. The lowest BCUT2D eigenvalue weighted by Gasteiger charge is -2.35. The SMILES string of the molecule is C[C@@H]1C[C@@H]1C(=O)N1CCN(c2ncnc3c2cnn3C)CC1. The third-order valence-corrected chi connectivity index (χ3v) is 4.83. The first-order valence-electron chi connectivity index (χ1n) is 7.81. The first-order valence-corrected chi connectivity index (χ1v) is 7.81. The smallest absolute Gasteiger partial charge is 0.226 e. The standard InChI is InChI=1S/C15H20N6O/c1-10-7-11(10)15(22)21-5-3-20(4-6-21)14-12-8-18-19(2)13(12)16-9-17-14/h8-11H,3-7H2,1-2H3/t10-,11+/m1/s1. The number of hydrogen-bond donors (Lipinski definition) is 0. The average molecular weight is 300 g/mol. The zero-order chi connectivity index (χ0) is 15.3. The first kappa shape index (κ1) is 13.5. The second kappa shape index (κ2) is 4.93. The molecule has 116 valence electrons. The minimum Gasteiger partial charge on any atom is -0.352 e. The molecule has 1 saturated carbocycles. The van der Waals surface area contributed by atoms with Crippen LogP contribution < -0.4 is 4.90 Å². The van der Waals surface area contributed by atoms with Gasteiger partial charge in [-0.2, -0.15) is 5.10 Å². The molecule has 2 atom stereocenters. The average Bonchev–Trinajstić information content (AvgIpc) is 3.16. The Labute approximate surface area is 128 Å². The van der Waals surface area contributed by atoms with Crippen molar-refractivity contribution in [1.82, 2.24) is 24.6 Å². The van der Waals surface area contributed by atoms with E-state index in [1.165, 1.54) is 0 Å². The lowest BCUT2D eigenvalue weighted by atomic mass is 10.2. The van der Waals surface area contributed by atoms with E-state index < -0.39 is 0 Å². The molecule has 2 aliphatic rings. The third kappa shape index (κ3) is 2.12. The highest BCUT2D eigenvalue weighted by molar-refractivity contribution is 5.87. The summed E-state index contributed by atoms with van der Waals surface area (Å²) >= 11 is 0. The quantitative estimate of drug-likeness (QED) is 0.815. The summed E-state index contributed by atoms with van der Waals surface area (Å²) in [6, 6.07) is 0. The van der Waals surface area contributed by atoms with Crippen LogP contribution in [-0.2, 0) is 11.8 Å². The van der Waals surface area contributed by atoms with Crippen molar-refractivity contribution in [3.05, 3.63) is 12.5 Å². The van der Waals surface area contributed by atoms with Crippen LogP contribution in [0.25, 0.3) is 11.0 Å². The molecule has 7 nitrogen and oxygen atoms in total. The van der Waals surface area contributed by atoms with Crippen molar-refractivity contribution in [3.63, 3.8) is 0 Å². The molecule has 3 heterocycles. The monoisotopic (exact) mass is 300 g/mol. The molecule has 1 aliphatic heterocycles. The van der Waals surface area contributed by atoms with E-state index in [1.54, 1.807) is 11.0 Å². The molecular formula is C15H20N6O. The largest absolute Gasteiger partial charge is 0.352 e. The maximum atomic E-state index is 12.3. The summed E-state index contributed by atoms with van der Waals surface area (Å²) in [5.74, 6) is 2.10. The van der Waals surface area contributed by atoms with Crippen molar-refractivity contribution in [1.29, 1.82) is 0 Å². The molecule has 1 amide bonds. The zero-order valence-electron chi connectivity index (χ0n) is 12.9.